The molecular weight excluding hydrogens is 254 g/mol. The fraction of sp³-hybridized carbons (Fsp3) is 0.625. The fourth-order valence-electron chi connectivity index (χ4n) is 1.99. The lowest BCUT2D eigenvalue weighted by molar-refractivity contribution is 0.0544. The number of para-hydroxylation sites is 1. The molecule has 0 spiro atoms. The van der Waals surface area contributed by atoms with Crippen LogP contribution in [0.15, 0.2) is 18.2 Å². The third-order valence-corrected chi connectivity index (χ3v) is 3.22. The van der Waals surface area contributed by atoms with Gasteiger partial charge in [0.2, 0.25) is 0 Å². The molecule has 4 nitrogen and oxygen atoms in total. The van der Waals surface area contributed by atoms with Gasteiger partial charge in [0.1, 0.15) is 6.61 Å². The Morgan fingerprint density at radius 1 is 1.25 bits per heavy atom. The number of benzene rings is 1. The number of methoxy groups -OCH3 is 1. The molecule has 1 aliphatic carbocycles. The Hall–Kier alpha value is -1.26. The molecule has 1 saturated carbocycles. The Morgan fingerprint density at radius 3 is 2.70 bits per heavy atom. The van der Waals surface area contributed by atoms with Crippen molar-refractivity contribution in [1.82, 2.24) is 5.32 Å². The predicted octanol–water partition coefficient (Wildman–Crippen LogP) is 2.75. The van der Waals surface area contributed by atoms with E-state index in [4.69, 9.17) is 14.2 Å². The first kappa shape index (κ1) is 15.1. The van der Waals surface area contributed by atoms with E-state index in [1.807, 2.05) is 26.0 Å². The molecule has 0 radical (unpaired) electrons. The van der Waals surface area contributed by atoms with Gasteiger partial charge >= 0.3 is 0 Å². The van der Waals surface area contributed by atoms with Crippen molar-refractivity contribution >= 4 is 0 Å². The van der Waals surface area contributed by atoms with Gasteiger partial charge in [0.25, 0.3) is 0 Å². The van der Waals surface area contributed by atoms with Crippen molar-refractivity contribution < 1.29 is 14.2 Å². The van der Waals surface area contributed by atoms with E-state index in [2.05, 4.69) is 11.4 Å². The summed E-state index contributed by atoms with van der Waals surface area (Å²) in [5.41, 5.74) is 1.14. The standard InChI is InChI=1S/C16H25NO3/c1-12(2)19-9-10-20-16-13(11-17-14-7-8-14)5-4-6-15(16)18-3/h4-6,12,14,17H,7-11H2,1-3H3. The van der Waals surface area contributed by atoms with Crippen LogP contribution in [0, 0.1) is 0 Å². The van der Waals surface area contributed by atoms with Crippen molar-refractivity contribution in [2.45, 2.75) is 45.4 Å². The normalized spacial score (nSPS) is 14.6. The third-order valence-electron chi connectivity index (χ3n) is 3.22. The number of rotatable bonds is 9. The Balaban J connectivity index is 1.94. The first-order valence-corrected chi connectivity index (χ1v) is 7.34. The molecule has 0 bridgehead atoms. The summed E-state index contributed by atoms with van der Waals surface area (Å²) in [6, 6.07) is 6.69. The van der Waals surface area contributed by atoms with Gasteiger partial charge in [-0.15, -0.1) is 0 Å². The highest BCUT2D eigenvalue weighted by Gasteiger charge is 2.21. The van der Waals surface area contributed by atoms with E-state index in [0.717, 1.165) is 23.6 Å². The lowest BCUT2D eigenvalue weighted by atomic mass is 10.2. The maximum Gasteiger partial charge on any atom is 0.165 e. The summed E-state index contributed by atoms with van der Waals surface area (Å²) < 4.78 is 16.8. The Labute approximate surface area is 121 Å². The van der Waals surface area contributed by atoms with Crippen LogP contribution in [0.1, 0.15) is 32.3 Å². The van der Waals surface area contributed by atoms with Crippen molar-refractivity contribution in [2.24, 2.45) is 0 Å². The molecule has 1 fully saturated rings. The van der Waals surface area contributed by atoms with Crippen LogP contribution in [0.2, 0.25) is 0 Å². The van der Waals surface area contributed by atoms with Gasteiger partial charge in [-0.25, -0.2) is 0 Å². The molecule has 0 heterocycles. The predicted molar refractivity (Wildman–Crippen MR) is 79.4 cm³/mol. The van der Waals surface area contributed by atoms with Gasteiger partial charge in [-0.2, -0.15) is 0 Å². The second-order valence-electron chi connectivity index (χ2n) is 5.37. The minimum atomic E-state index is 0.229. The maximum absolute atomic E-state index is 5.87. The molecule has 4 heteroatoms. The van der Waals surface area contributed by atoms with Crippen molar-refractivity contribution in [2.75, 3.05) is 20.3 Å². The lowest BCUT2D eigenvalue weighted by Gasteiger charge is -2.16. The molecule has 1 aliphatic rings. The van der Waals surface area contributed by atoms with E-state index >= 15 is 0 Å². The molecule has 0 atom stereocenters. The summed E-state index contributed by atoms with van der Waals surface area (Å²) >= 11 is 0. The Bertz CT molecular complexity index is 416. The van der Waals surface area contributed by atoms with E-state index < -0.39 is 0 Å². The zero-order valence-electron chi connectivity index (χ0n) is 12.6. The van der Waals surface area contributed by atoms with Gasteiger partial charge in [-0.1, -0.05) is 12.1 Å². The summed E-state index contributed by atoms with van der Waals surface area (Å²) in [5.74, 6) is 1.61. The van der Waals surface area contributed by atoms with Gasteiger partial charge in [0, 0.05) is 18.2 Å². The summed E-state index contributed by atoms with van der Waals surface area (Å²) in [5, 5.41) is 3.51. The number of nitrogens with one attached hydrogen (secondary N) is 1. The van der Waals surface area contributed by atoms with E-state index in [-0.39, 0.29) is 6.10 Å². The summed E-state index contributed by atoms with van der Waals surface area (Å²) in [6.45, 7) is 5.99. The van der Waals surface area contributed by atoms with Crippen molar-refractivity contribution in [3.05, 3.63) is 23.8 Å². The number of ether oxygens (including phenoxy) is 3. The van der Waals surface area contributed by atoms with Crippen LogP contribution in [0.4, 0.5) is 0 Å². The monoisotopic (exact) mass is 279 g/mol. The van der Waals surface area contributed by atoms with Gasteiger partial charge in [0.15, 0.2) is 11.5 Å². The zero-order valence-corrected chi connectivity index (χ0v) is 12.6. The maximum atomic E-state index is 5.87. The van der Waals surface area contributed by atoms with E-state index in [1.54, 1.807) is 7.11 Å². The highest BCUT2D eigenvalue weighted by Crippen LogP contribution is 2.31. The van der Waals surface area contributed by atoms with Gasteiger partial charge in [-0.05, 0) is 32.8 Å². The van der Waals surface area contributed by atoms with E-state index in [0.29, 0.717) is 19.3 Å². The Kier molecular flexibility index (Phi) is 5.68. The lowest BCUT2D eigenvalue weighted by Crippen LogP contribution is -2.17. The smallest absolute Gasteiger partial charge is 0.165 e. The summed E-state index contributed by atoms with van der Waals surface area (Å²) in [6.07, 6.45) is 2.79. The highest BCUT2D eigenvalue weighted by molar-refractivity contribution is 5.46. The van der Waals surface area contributed by atoms with Crippen LogP contribution in [0.5, 0.6) is 11.5 Å². The van der Waals surface area contributed by atoms with Gasteiger partial charge < -0.3 is 19.5 Å². The Morgan fingerprint density at radius 2 is 2.05 bits per heavy atom. The van der Waals surface area contributed by atoms with Crippen LogP contribution >= 0.6 is 0 Å². The molecule has 1 N–H and O–H groups in total. The highest BCUT2D eigenvalue weighted by atomic mass is 16.5. The SMILES string of the molecule is COc1cccc(CNC2CC2)c1OCCOC(C)C. The molecule has 0 unspecified atom stereocenters. The van der Waals surface area contributed by atoms with Crippen LogP contribution < -0.4 is 14.8 Å². The number of hydrogen-bond acceptors (Lipinski definition) is 4. The van der Waals surface area contributed by atoms with Crippen LogP contribution in [0.3, 0.4) is 0 Å². The molecule has 0 aromatic heterocycles. The molecular formula is C16H25NO3. The molecule has 1 aromatic carbocycles. The quantitative estimate of drug-likeness (QED) is 0.706. The second kappa shape index (κ2) is 7.50. The fourth-order valence-corrected chi connectivity index (χ4v) is 1.99. The van der Waals surface area contributed by atoms with Crippen molar-refractivity contribution in [3.8, 4) is 11.5 Å². The molecule has 0 amide bonds. The van der Waals surface area contributed by atoms with Crippen LogP contribution in [-0.2, 0) is 11.3 Å². The zero-order chi connectivity index (χ0) is 14.4. The first-order chi connectivity index (χ1) is 9.70. The largest absolute Gasteiger partial charge is 0.493 e. The topological polar surface area (TPSA) is 39.7 Å². The molecule has 1 aromatic rings. The van der Waals surface area contributed by atoms with Crippen molar-refractivity contribution in [1.29, 1.82) is 0 Å². The van der Waals surface area contributed by atoms with Crippen LogP contribution in [-0.4, -0.2) is 32.5 Å². The summed E-state index contributed by atoms with van der Waals surface area (Å²) in [7, 11) is 1.67. The second-order valence-corrected chi connectivity index (χ2v) is 5.37. The first-order valence-electron chi connectivity index (χ1n) is 7.34. The van der Waals surface area contributed by atoms with Gasteiger partial charge in [0.05, 0.1) is 19.8 Å². The average Bonchev–Trinajstić information content (AvgIpc) is 3.25. The summed E-state index contributed by atoms with van der Waals surface area (Å²) in [4.78, 5) is 0. The average molecular weight is 279 g/mol. The van der Waals surface area contributed by atoms with E-state index in [1.165, 1.54) is 12.8 Å². The molecule has 0 saturated heterocycles. The van der Waals surface area contributed by atoms with E-state index in [9.17, 15) is 0 Å². The molecule has 2 rings (SSSR count). The van der Waals surface area contributed by atoms with Crippen molar-refractivity contribution in [3.63, 3.8) is 0 Å². The van der Waals surface area contributed by atoms with Crippen LogP contribution in [0.25, 0.3) is 0 Å². The molecule has 112 valence electrons. The minimum Gasteiger partial charge on any atom is -0.493 e. The van der Waals surface area contributed by atoms with Gasteiger partial charge in [-0.3, -0.25) is 0 Å². The minimum absolute atomic E-state index is 0.229. The molecule has 0 aliphatic heterocycles. The molecule has 20 heavy (non-hydrogen) atoms. The number of hydrogen-bond donors (Lipinski definition) is 1. The third kappa shape index (κ3) is 4.69.